The lowest BCUT2D eigenvalue weighted by Gasteiger charge is -2.18. The molecule has 2 aromatic rings. The zero-order chi connectivity index (χ0) is 14.7. The van der Waals surface area contributed by atoms with Crippen molar-refractivity contribution in [1.29, 1.82) is 0 Å². The number of aryl methyl sites for hydroxylation is 1. The van der Waals surface area contributed by atoms with Crippen molar-refractivity contribution in [3.63, 3.8) is 0 Å². The number of aliphatic hydroxyl groups is 1. The molecule has 0 saturated carbocycles. The van der Waals surface area contributed by atoms with Gasteiger partial charge in [-0.15, -0.1) is 0 Å². The van der Waals surface area contributed by atoms with Crippen LogP contribution in [0.4, 0.5) is 0 Å². The fourth-order valence-electron chi connectivity index (χ4n) is 2.37. The molecule has 0 fully saturated rings. The van der Waals surface area contributed by atoms with Crippen LogP contribution in [-0.2, 0) is 6.54 Å². The Bertz CT molecular complexity index is 576. The molecule has 0 saturated heterocycles. The summed E-state index contributed by atoms with van der Waals surface area (Å²) in [6.45, 7) is 6.68. The van der Waals surface area contributed by atoms with E-state index in [2.05, 4.69) is 18.8 Å². The summed E-state index contributed by atoms with van der Waals surface area (Å²) in [4.78, 5) is 4.34. The maximum atomic E-state index is 10.5. The molecule has 20 heavy (non-hydrogen) atoms. The first-order valence-electron chi connectivity index (χ1n) is 6.86. The second kappa shape index (κ2) is 6.09. The number of methoxy groups -OCH3 is 1. The number of ether oxygens (including phenoxy) is 1. The Morgan fingerprint density at radius 2 is 2.10 bits per heavy atom. The van der Waals surface area contributed by atoms with Crippen LogP contribution in [0.15, 0.2) is 30.6 Å². The lowest BCUT2D eigenvalue weighted by Crippen LogP contribution is -2.13. The van der Waals surface area contributed by atoms with Gasteiger partial charge < -0.3 is 14.4 Å². The van der Waals surface area contributed by atoms with Gasteiger partial charge in [-0.1, -0.05) is 25.5 Å². The average molecular weight is 274 g/mol. The van der Waals surface area contributed by atoms with E-state index < -0.39 is 6.10 Å². The second-order valence-corrected chi connectivity index (χ2v) is 5.35. The number of rotatable bonds is 5. The van der Waals surface area contributed by atoms with Crippen molar-refractivity contribution >= 4 is 0 Å². The van der Waals surface area contributed by atoms with E-state index in [4.69, 9.17) is 4.74 Å². The van der Waals surface area contributed by atoms with Gasteiger partial charge in [0.1, 0.15) is 17.7 Å². The third kappa shape index (κ3) is 3.02. The minimum Gasteiger partial charge on any atom is -0.496 e. The number of benzene rings is 1. The van der Waals surface area contributed by atoms with Crippen LogP contribution in [0.3, 0.4) is 0 Å². The molecule has 0 radical (unpaired) electrons. The Labute approximate surface area is 120 Å². The van der Waals surface area contributed by atoms with Crippen LogP contribution in [0.25, 0.3) is 0 Å². The highest BCUT2D eigenvalue weighted by molar-refractivity contribution is 5.38. The largest absolute Gasteiger partial charge is 0.496 e. The minimum atomic E-state index is -0.614. The topological polar surface area (TPSA) is 47.3 Å². The maximum Gasteiger partial charge on any atom is 0.124 e. The van der Waals surface area contributed by atoms with Crippen LogP contribution in [0, 0.1) is 6.92 Å². The van der Waals surface area contributed by atoms with Gasteiger partial charge in [0, 0.05) is 23.9 Å². The Hall–Kier alpha value is -1.81. The quantitative estimate of drug-likeness (QED) is 0.911. The van der Waals surface area contributed by atoms with Gasteiger partial charge in [-0.2, -0.15) is 0 Å². The predicted octanol–water partition coefficient (Wildman–Crippen LogP) is 3.06. The van der Waals surface area contributed by atoms with Crippen LogP contribution in [0.1, 0.15) is 42.8 Å². The molecule has 0 aliphatic heterocycles. The van der Waals surface area contributed by atoms with E-state index in [9.17, 15) is 5.11 Å². The van der Waals surface area contributed by atoms with Crippen LogP contribution in [0.2, 0.25) is 0 Å². The predicted molar refractivity (Wildman–Crippen MR) is 79.0 cm³/mol. The van der Waals surface area contributed by atoms with Crippen LogP contribution in [-0.4, -0.2) is 21.8 Å². The Morgan fingerprint density at radius 1 is 1.35 bits per heavy atom. The van der Waals surface area contributed by atoms with E-state index in [1.807, 2.05) is 35.9 Å². The highest BCUT2D eigenvalue weighted by atomic mass is 16.5. The summed E-state index contributed by atoms with van der Waals surface area (Å²) in [5.41, 5.74) is 1.92. The van der Waals surface area contributed by atoms with Gasteiger partial charge >= 0.3 is 0 Å². The summed E-state index contributed by atoms with van der Waals surface area (Å²) in [6.07, 6.45) is 3.06. The first-order chi connectivity index (χ1) is 9.52. The fourth-order valence-corrected chi connectivity index (χ4v) is 2.37. The summed E-state index contributed by atoms with van der Waals surface area (Å²) in [5.74, 6) is 2.03. The molecule has 4 nitrogen and oxygen atoms in total. The van der Waals surface area contributed by atoms with Crippen LogP contribution >= 0.6 is 0 Å². The van der Waals surface area contributed by atoms with E-state index in [1.165, 1.54) is 0 Å². The molecule has 0 aliphatic rings. The normalized spacial score (nSPS) is 12.7. The maximum absolute atomic E-state index is 10.5. The Morgan fingerprint density at radius 3 is 2.75 bits per heavy atom. The van der Waals surface area contributed by atoms with E-state index >= 15 is 0 Å². The molecule has 108 valence electrons. The van der Waals surface area contributed by atoms with E-state index in [-0.39, 0.29) is 0 Å². The van der Waals surface area contributed by atoms with Crippen molar-refractivity contribution in [2.24, 2.45) is 0 Å². The van der Waals surface area contributed by atoms with Gasteiger partial charge in [0.25, 0.3) is 0 Å². The highest BCUT2D eigenvalue weighted by Gasteiger charge is 2.16. The summed E-state index contributed by atoms with van der Waals surface area (Å²) in [5, 5.41) is 10.5. The minimum absolute atomic E-state index is 0.330. The van der Waals surface area contributed by atoms with E-state index in [0.29, 0.717) is 18.2 Å². The SMILES string of the molecule is COc1ccc(C)cc1C(O)Cn1ccnc1C(C)C. The van der Waals surface area contributed by atoms with Gasteiger partial charge in [-0.25, -0.2) is 4.98 Å². The van der Waals surface area contributed by atoms with Crippen LogP contribution < -0.4 is 4.74 Å². The lowest BCUT2D eigenvalue weighted by molar-refractivity contribution is 0.151. The zero-order valence-corrected chi connectivity index (χ0v) is 12.5. The highest BCUT2D eigenvalue weighted by Crippen LogP contribution is 2.28. The van der Waals surface area contributed by atoms with Gasteiger partial charge in [0.15, 0.2) is 0 Å². The molecule has 1 aromatic carbocycles. The molecule has 2 rings (SSSR count). The molecule has 0 amide bonds. The molecule has 4 heteroatoms. The third-order valence-corrected chi connectivity index (χ3v) is 3.38. The molecule has 0 spiro atoms. The first kappa shape index (κ1) is 14.6. The number of aromatic nitrogens is 2. The molecule has 1 heterocycles. The summed E-state index contributed by atoms with van der Waals surface area (Å²) in [6, 6.07) is 5.84. The zero-order valence-electron chi connectivity index (χ0n) is 12.5. The van der Waals surface area contributed by atoms with Crippen molar-refractivity contribution in [1.82, 2.24) is 9.55 Å². The lowest BCUT2D eigenvalue weighted by atomic mass is 10.0. The van der Waals surface area contributed by atoms with Crippen molar-refractivity contribution in [2.75, 3.05) is 7.11 Å². The molecular formula is C16H22N2O2. The fraction of sp³-hybridized carbons (Fsp3) is 0.438. The Kier molecular flexibility index (Phi) is 4.45. The van der Waals surface area contributed by atoms with Gasteiger partial charge in [-0.3, -0.25) is 0 Å². The van der Waals surface area contributed by atoms with Crippen molar-refractivity contribution < 1.29 is 9.84 Å². The molecule has 1 aromatic heterocycles. The number of nitrogens with zero attached hydrogens (tertiary/aromatic N) is 2. The molecule has 0 aliphatic carbocycles. The third-order valence-electron chi connectivity index (χ3n) is 3.38. The smallest absolute Gasteiger partial charge is 0.124 e. The number of imidazole rings is 1. The van der Waals surface area contributed by atoms with Crippen LogP contribution in [0.5, 0.6) is 5.75 Å². The van der Waals surface area contributed by atoms with Crippen molar-refractivity contribution in [2.45, 2.75) is 39.3 Å². The molecule has 1 atom stereocenters. The van der Waals surface area contributed by atoms with Crippen molar-refractivity contribution in [3.05, 3.63) is 47.5 Å². The van der Waals surface area contributed by atoms with Crippen molar-refractivity contribution in [3.8, 4) is 5.75 Å². The number of hydrogen-bond donors (Lipinski definition) is 1. The number of hydrogen-bond acceptors (Lipinski definition) is 3. The summed E-state index contributed by atoms with van der Waals surface area (Å²) >= 11 is 0. The molecule has 1 unspecified atom stereocenters. The summed E-state index contributed by atoms with van der Waals surface area (Å²) in [7, 11) is 1.62. The molecule has 0 bridgehead atoms. The first-order valence-corrected chi connectivity index (χ1v) is 6.86. The average Bonchev–Trinajstić information content (AvgIpc) is 2.87. The molecular weight excluding hydrogens is 252 g/mol. The molecule has 1 N–H and O–H groups in total. The monoisotopic (exact) mass is 274 g/mol. The second-order valence-electron chi connectivity index (χ2n) is 5.35. The summed E-state index contributed by atoms with van der Waals surface area (Å²) < 4.78 is 7.33. The number of aliphatic hydroxyl groups excluding tert-OH is 1. The van der Waals surface area contributed by atoms with E-state index in [1.54, 1.807) is 13.3 Å². The van der Waals surface area contributed by atoms with Gasteiger partial charge in [0.05, 0.1) is 13.7 Å². The standard InChI is InChI=1S/C16H22N2O2/c1-11(2)16-17-7-8-18(16)10-14(19)13-9-12(3)5-6-15(13)20-4/h5-9,11,14,19H,10H2,1-4H3. The van der Waals surface area contributed by atoms with Gasteiger partial charge in [0.2, 0.25) is 0 Å². The van der Waals surface area contributed by atoms with E-state index in [0.717, 1.165) is 17.0 Å². The Balaban J connectivity index is 2.26. The van der Waals surface area contributed by atoms with Gasteiger partial charge in [-0.05, 0) is 19.1 Å².